The quantitative estimate of drug-likeness (QED) is 0.836. The van der Waals surface area contributed by atoms with Crippen LogP contribution in [0.2, 0.25) is 0 Å². The van der Waals surface area contributed by atoms with Gasteiger partial charge >= 0.3 is 0 Å². The fourth-order valence-corrected chi connectivity index (χ4v) is 2.81. The molecule has 4 heteroatoms. The van der Waals surface area contributed by atoms with Crippen LogP contribution in [0.1, 0.15) is 38.4 Å². The van der Waals surface area contributed by atoms with Crippen LogP contribution in [0.25, 0.3) is 0 Å². The minimum atomic E-state index is 0.663. The average Bonchev–Trinajstić information content (AvgIpc) is 2.99. The summed E-state index contributed by atoms with van der Waals surface area (Å²) in [6.45, 7) is 6.62. The van der Waals surface area contributed by atoms with Crippen molar-refractivity contribution in [3.63, 3.8) is 0 Å². The maximum absolute atomic E-state index is 5.53. The maximum atomic E-state index is 5.53. The van der Waals surface area contributed by atoms with Gasteiger partial charge in [0.05, 0.1) is 17.3 Å². The molecule has 0 radical (unpaired) electrons. The van der Waals surface area contributed by atoms with Gasteiger partial charge < -0.3 is 9.73 Å². The van der Waals surface area contributed by atoms with Gasteiger partial charge in [-0.2, -0.15) is 0 Å². The molecule has 1 fully saturated rings. The second kappa shape index (κ2) is 7.31. The molecule has 0 saturated carbocycles. The third kappa shape index (κ3) is 4.11. The molecule has 102 valence electrons. The molecule has 1 unspecified atom stereocenters. The van der Waals surface area contributed by atoms with Crippen LogP contribution in [-0.2, 0) is 6.54 Å². The normalized spacial score (nSPS) is 19.8. The third-order valence-electron chi connectivity index (χ3n) is 3.53. The van der Waals surface area contributed by atoms with Gasteiger partial charge in [0.1, 0.15) is 5.76 Å². The van der Waals surface area contributed by atoms with E-state index in [-0.39, 0.29) is 0 Å². The van der Waals surface area contributed by atoms with E-state index in [9.17, 15) is 0 Å². The van der Waals surface area contributed by atoms with Crippen molar-refractivity contribution in [2.75, 3.05) is 19.6 Å². The number of halogens is 1. The van der Waals surface area contributed by atoms with E-state index in [1.165, 1.54) is 32.2 Å². The molecule has 2 rings (SSSR count). The molecule has 0 bridgehead atoms. The van der Waals surface area contributed by atoms with E-state index in [1.54, 1.807) is 6.26 Å². The predicted molar refractivity (Wildman–Crippen MR) is 77.6 cm³/mol. The van der Waals surface area contributed by atoms with Crippen LogP contribution in [0.4, 0.5) is 0 Å². The molecule has 1 aromatic heterocycles. The Morgan fingerprint density at radius 3 is 3.06 bits per heavy atom. The number of unbranched alkanes of at least 4 members (excludes halogenated alkanes) is 1. The van der Waals surface area contributed by atoms with Crippen LogP contribution in [-0.4, -0.2) is 30.6 Å². The Hall–Kier alpha value is -0.320. The number of hydrogen-bond acceptors (Lipinski definition) is 3. The zero-order chi connectivity index (χ0) is 12.8. The summed E-state index contributed by atoms with van der Waals surface area (Å²) in [6.07, 6.45) is 6.88. The average molecular weight is 315 g/mol. The predicted octanol–water partition coefficient (Wildman–Crippen LogP) is 3.40. The van der Waals surface area contributed by atoms with E-state index in [0.717, 1.165) is 29.9 Å². The van der Waals surface area contributed by atoms with Crippen molar-refractivity contribution in [3.05, 3.63) is 22.6 Å². The topological polar surface area (TPSA) is 28.4 Å². The Kier molecular flexibility index (Phi) is 5.73. The van der Waals surface area contributed by atoms with Crippen molar-refractivity contribution >= 4 is 15.9 Å². The summed E-state index contributed by atoms with van der Waals surface area (Å²) in [5, 5.41) is 3.57. The summed E-state index contributed by atoms with van der Waals surface area (Å²) in [5.41, 5.74) is 0. The van der Waals surface area contributed by atoms with Gasteiger partial charge in [0, 0.05) is 12.6 Å². The molecule has 3 nitrogen and oxygen atoms in total. The largest absolute Gasteiger partial charge is 0.467 e. The van der Waals surface area contributed by atoms with Gasteiger partial charge in [-0.25, -0.2) is 0 Å². The number of hydrogen-bond donors (Lipinski definition) is 1. The summed E-state index contributed by atoms with van der Waals surface area (Å²) >= 11 is 3.54. The molecule has 18 heavy (non-hydrogen) atoms. The Morgan fingerprint density at radius 1 is 1.56 bits per heavy atom. The summed E-state index contributed by atoms with van der Waals surface area (Å²) in [5.74, 6) is 1.05. The minimum absolute atomic E-state index is 0.663. The van der Waals surface area contributed by atoms with E-state index in [4.69, 9.17) is 4.42 Å². The van der Waals surface area contributed by atoms with E-state index in [1.807, 2.05) is 6.07 Å². The first-order valence-electron chi connectivity index (χ1n) is 6.97. The number of nitrogens with one attached hydrogen (secondary N) is 1. The Bertz CT molecular complexity index is 347. The lowest BCUT2D eigenvalue weighted by Gasteiger charge is -2.24. The highest BCUT2D eigenvalue weighted by molar-refractivity contribution is 9.10. The van der Waals surface area contributed by atoms with Gasteiger partial charge in [0.15, 0.2) is 0 Å². The van der Waals surface area contributed by atoms with Crippen molar-refractivity contribution in [1.29, 1.82) is 0 Å². The zero-order valence-electron chi connectivity index (χ0n) is 11.1. The van der Waals surface area contributed by atoms with Crippen LogP contribution in [0.15, 0.2) is 21.2 Å². The van der Waals surface area contributed by atoms with Gasteiger partial charge in [-0.05, 0) is 54.3 Å². The molecule has 0 spiro atoms. The van der Waals surface area contributed by atoms with Crippen molar-refractivity contribution in [2.45, 2.75) is 45.2 Å². The molecular formula is C14H23BrN2O. The Morgan fingerprint density at radius 2 is 2.44 bits per heavy atom. The van der Waals surface area contributed by atoms with Crippen molar-refractivity contribution in [2.24, 2.45) is 0 Å². The standard InChI is InChI=1S/C14H23BrN2O/c1-2-3-8-17(10-12-5-4-7-16-12)11-14-13(15)6-9-18-14/h6,9,12,16H,2-5,7-8,10-11H2,1H3. The molecule has 0 aliphatic carbocycles. The summed E-state index contributed by atoms with van der Waals surface area (Å²) in [6, 6.07) is 2.64. The molecule has 1 N–H and O–H groups in total. The van der Waals surface area contributed by atoms with Gasteiger partial charge in [-0.15, -0.1) is 0 Å². The van der Waals surface area contributed by atoms with E-state index < -0.39 is 0 Å². The lowest BCUT2D eigenvalue weighted by molar-refractivity contribution is 0.219. The first kappa shape index (κ1) is 14.1. The molecule has 1 aliphatic heterocycles. The SMILES string of the molecule is CCCCN(Cc1occc1Br)CC1CCCN1. The van der Waals surface area contributed by atoms with E-state index in [2.05, 4.69) is 33.1 Å². The Balaban J connectivity index is 1.89. The lowest BCUT2D eigenvalue weighted by atomic mass is 10.2. The van der Waals surface area contributed by atoms with Crippen LogP contribution < -0.4 is 5.32 Å². The summed E-state index contributed by atoms with van der Waals surface area (Å²) in [7, 11) is 0. The second-order valence-electron chi connectivity index (χ2n) is 5.07. The fourth-order valence-electron chi connectivity index (χ4n) is 2.48. The molecular weight excluding hydrogens is 292 g/mol. The van der Waals surface area contributed by atoms with Gasteiger partial charge in [-0.3, -0.25) is 4.90 Å². The molecule has 0 amide bonds. The highest BCUT2D eigenvalue weighted by Crippen LogP contribution is 2.20. The van der Waals surface area contributed by atoms with Crippen molar-refractivity contribution in [3.8, 4) is 0 Å². The van der Waals surface area contributed by atoms with Crippen LogP contribution in [0.3, 0.4) is 0 Å². The van der Waals surface area contributed by atoms with Gasteiger partial charge in [-0.1, -0.05) is 13.3 Å². The number of furan rings is 1. The molecule has 1 saturated heterocycles. The van der Waals surface area contributed by atoms with Crippen molar-refractivity contribution in [1.82, 2.24) is 10.2 Å². The molecule has 1 aliphatic rings. The number of nitrogens with zero attached hydrogens (tertiary/aromatic N) is 1. The van der Waals surface area contributed by atoms with Crippen LogP contribution >= 0.6 is 15.9 Å². The zero-order valence-corrected chi connectivity index (χ0v) is 12.7. The molecule has 0 aromatic carbocycles. The smallest absolute Gasteiger partial charge is 0.131 e. The first-order valence-corrected chi connectivity index (χ1v) is 7.76. The molecule has 1 aromatic rings. The number of rotatable bonds is 7. The second-order valence-corrected chi connectivity index (χ2v) is 5.93. The molecule has 2 heterocycles. The third-order valence-corrected chi connectivity index (χ3v) is 4.23. The van der Waals surface area contributed by atoms with Gasteiger partial charge in [0.2, 0.25) is 0 Å². The van der Waals surface area contributed by atoms with Crippen molar-refractivity contribution < 1.29 is 4.42 Å². The highest BCUT2D eigenvalue weighted by atomic mass is 79.9. The van der Waals surface area contributed by atoms with E-state index >= 15 is 0 Å². The monoisotopic (exact) mass is 314 g/mol. The van der Waals surface area contributed by atoms with E-state index in [0.29, 0.717) is 6.04 Å². The van der Waals surface area contributed by atoms with Crippen LogP contribution in [0.5, 0.6) is 0 Å². The lowest BCUT2D eigenvalue weighted by Crippen LogP contribution is -2.37. The highest BCUT2D eigenvalue weighted by Gasteiger charge is 2.19. The van der Waals surface area contributed by atoms with Gasteiger partial charge in [0.25, 0.3) is 0 Å². The fraction of sp³-hybridized carbons (Fsp3) is 0.714. The Labute approximate surface area is 118 Å². The minimum Gasteiger partial charge on any atom is -0.467 e. The summed E-state index contributed by atoms with van der Waals surface area (Å²) < 4.78 is 6.62. The van der Waals surface area contributed by atoms with Crippen LogP contribution in [0, 0.1) is 0 Å². The first-order chi connectivity index (χ1) is 8.79. The maximum Gasteiger partial charge on any atom is 0.131 e. The molecule has 1 atom stereocenters. The summed E-state index contributed by atoms with van der Waals surface area (Å²) in [4.78, 5) is 2.51.